The number of thiazole rings is 1. The van der Waals surface area contributed by atoms with Crippen LogP contribution in [0.15, 0.2) is 29.4 Å². The Kier molecular flexibility index (Phi) is 6.22. The highest BCUT2D eigenvalue weighted by Crippen LogP contribution is 2.34. The SMILES string of the molecule is CS(=O)(=O)c1nc(NCc2nc3ccccc3s2)c([N+](=O)[O-])c(N[C@@H]2CCCC[C@@H]2O)n1. The molecule has 32 heavy (non-hydrogen) atoms. The van der Waals surface area contributed by atoms with E-state index in [1.54, 1.807) is 0 Å². The molecule has 3 aromatic rings. The van der Waals surface area contributed by atoms with E-state index in [4.69, 9.17) is 0 Å². The molecule has 4 rings (SSSR count). The maximum atomic E-state index is 12.2. The van der Waals surface area contributed by atoms with Gasteiger partial charge >= 0.3 is 5.69 Å². The van der Waals surface area contributed by atoms with Crippen molar-refractivity contribution in [2.24, 2.45) is 0 Å². The summed E-state index contributed by atoms with van der Waals surface area (Å²) in [6.07, 6.45) is 3.07. The van der Waals surface area contributed by atoms with Crippen LogP contribution in [0, 0.1) is 10.1 Å². The van der Waals surface area contributed by atoms with Crippen molar-refractivity contribution in [3.63, 3.8) is 0 Å². The molecule has 2 heterocycles. The third kappa shape index (κ3) is 4.79. The van der Waals surface area contributed by atoms with Gasteiger partial charge in [0.15, 0.2) is 0 Å². The van der Waals surface area contributed by atoms with Crippen molar-refractivity contribution in [2.45, 2.75) is 49.5 Å². The molecular weight excluding hydrogens is 456 g/mol. The lowest BCUT2D eigenvalue weighted by atomic mass is 9.92. The molecule has 0 aliphatic heterocycles. The van der Waals surface area contributed by atoms with Crippen molar-refractivity contribution in [2.75, 3.05) is 16.9 Å². The normalized spacial score (nSPS) is 19.1. The van der Waals surface area contributed by atoms with Crippen LogP contribution in [0.5, 0.6) is 0 Å². The summed E-state index contributed by atoms with van der Waals surface area (Å²) in [4.78, 5) is 23.6. The highest BCUT2D eigenvalue weighted by atomic mass is 32.2. The van der Waals surface area contributed by atoms with E-state index in [1.165, 1.54) is 11.3 Å². The fourth-order valence-electron chi connectivity index (χ4n) is 3.61. The van der Waals surface area contributed by atoms with Gasteiger partial charge < -0.3 is 15.7 Å². The predicted molar refractivity (Wildman–Crippen MR) is 121 cm³/mol. The third-order valence-corrected chi connectivity index (χ3v) is 7.06. The van der Waals surface area contributed by atoms with Gasteiger partial charge in [-0.1, -0.05) is 25.0 Å². The second-order valence-corrected chi connectivity index (χ2v) is 10.6. The van der Waals surface area contributed by atoms with Gasteiger partial charge in [-0.15, -0.1) is 11.3 Å². The first kappa shape index (κ1) is 22.3. The molecule has 0 unspecified atom stereocenters. The zero-order valence-corrected chi connectivity index (χ0v) is 18.8. The molecule has 2 atom stereocenters. The number of nitro groups is 1. The van der Waals surface area contributed by atoms with Crippen LogP contribution in [0.25, 0.3) is 10.2 Å². The fourth-order valence-corrected chi connectivity index (χ4v) is 5.03. The van der Waals surface area contributed by atoms with Gasteiger partial charge in [0, 0.05) is 6.26 Å². The highest BCUT2D eigenvalue weighted by molar-refractivity contribution is 7.90. The minimum atomic E-state index is -3.85. The average Bonchev–Trinajstić information content (AvgIpc) is 3.15. The topological polar surface area (TPSA) is 160 Å². The van der Waals surface area contributed by atoms with Gasteiger partial charge in [-0.3, -0.25) is 10.1 Å². The van der Waals surface area contributed by atoms with E-state index in [0.717, 1.165) is 29.3 Å². The van der Waals surface area contributed by atoms with Crippen molar-refractivity contribution < 1.29 is 18.4 Å². The van der Waals surface area contributed by atoms with Crippen LogP contribution < -0.4 is 10.6 Å². The van der Waals surface area contributed by atoms with Gasteiger partial charge in [0.25, 0.3) is 5.16 Å². The van der Waals surface area contributed by atoms with Crippen molar-refractivity contribution >= 4 is 48.7 Å². The number of hydrogen-bond donors (Lipinski definition) is 3. The van der Waals surface area contributed by atoms with Crippen LogP contribution in [0.4, 0.5) is 17.3 Å². The average molecular weight is 479 g/mol. The first-order valence-corrected chi connectivity index (χ1v) is 12.7. The van der Waals surface area contributed by atoms with Gasteiger partial charge in [0.2, 0.25) is 21.5 Å². The highest BCUT2D eigenvalue weighted by Gasteiger charge is 2.31. The molecule has 3 N–H and O–H groups in total. The molecule has 0 bridgehead atoms. The number of sulfone groups is 1. The largest absolute Gasteiger partial charge is 0.391 e. The van der Waals surface area contributed by atoms with E-state index in [9.17, 15) is 23.6 Å². The number of anilines is 2. The third-order valence-electron chi connectivity index (χ3n) is 5.17. The Balaban J connectivity index is 1.70. The molecule has 0 radical (unpaired) electrons. The van der Waals surface area contributed by atoms with Gasteiger partial charge in [0.05, 0.1) is 33.8 Å². The summed E-state index contributed by atoms with van der Waals surface area (Å²) < 4.78 is 25.3. The molecule has 1 aliphatic carbocycles. The molecule has 1 aromatic carbocycles. The Morgan fingerprint density at radius 3 is 2.59 bits per heavy atom. The minimum Gasteiger partial charge on any atom is -0.391 e. The maximum absolute atomic E-state index is 12.2. The number of benzene rings is 1. The summed E-state index contributed by atoms with van der Waals surface area (Å²) in [6.45, 7) is 0.117. The van der Waals surface area contributed by atoms with Crippen LogP contribution in [0.1, 0.15) is 30.7 Å². The van der Waals surface area contributed by atoms with E-state index in [1.807, 2.05) is 24.3 Å². The molecule has 1 aliphatic rings. The van der Waals surface area contributed by atoms with E-state index in [-0.39, 0.29) is 18.2 Å². The number of rotatable bonds is 7. The van der Waals surface area contributed by atoms with Gasteiger partial charge in [0.1, 0.15) is 5.01 Å². The molecule has 0 spiro atoms. The smallest absolute Gasteiger partial charge is 0.353 e. The summed E-state index contributed by atoms with van der Waals surface area (Å²) in [5, 5.41) is 28.0. The first-order valence-electron chi connectivity index (χ1n) is 10.0. The lowest BCUT2D eigenvalue weighted by Gasteiger charge is -2.28. The molecule has 11 nitrogen and oxygen atoms in total. The zero-order chi connectivity index (χ0) is 22.9. The molecule has 1 saturated carbocycles. The summed E-state index contributed by atoms with van der Waals surface area (Å²) in [7, 11) is -3.85. The number of hydrogen-bond acceptors (Lipinski definition) is 11. The van der Waals surface area contributed by atoms with Crippen LogP contribution in [0.2, 0.25) is 0 Å². The molecule has 0 amide bonds. The Labute approximate surface area is 188 Å². The van der Waals surface area contributed by atoms with E-state index < -0.39 is 37.8 Å². The van der Waals surface area contributed by atoms with Gasteiger partial charge in [-0.2, -0.15) is 9.97 Å². The Morgan fingerprint density at radius 1 is 1.19 bits per heavy atom. The molecule has 1 fully saturated rings. The lowest BCUT2D eigenvalue weighted by Crippen LogP contribution is -2.37. The van der Waals surface area contributed by atoms with Gasteiger partial charge in [-0.25, -0.2) is 13.4 Å². The second-order valence-electron chi connectivity index (χ2n) is 7.61. The second kappa shape index (κ2) is 8.92. The van der Waals surface area contributed by atoms with E-state index in [0.29, 0.717) is 17.8 Å². The van der Waals surface area contributed by atoms with Crippen molar-refractivity contribution in [3.8, 4) is 0 Å². The summed E-state index contributed by atoms with van der Waals surface area (Å²) in [5.41, 5.74) is 0.327. The summed E-state index contributed by atoms with van der Waals surface area (Å²) in [5.74, 6) is -0.458. The molecule has 13 heteroatoms. The van der Waals surface area contributed by atoms with Crippen LogP contribution >= 0.6 is 11.3 Å². The quantitative estimate of drug-likeness (QED) is 0.262. The molecule has 0 saturated heterocycles. The number of para-hydroxylation sites is 1. The Hall–Kier alpha value is -2.90. The van der Waals surface area contributed by atoms with Crippen molar-refractivity contribution in [1.82, 2.24) is 15.0 Å². The standard InChI is InChI=1S/C19H22N6O5S2/c1-32(29,30)19-23-17(20-10-15-21-12-7-3-5-9-14(12)31-15)16(25(27)28)18(24-19)22-11-6-2-4-8-13(11)26/h3,5,7,9,11,13,26H,2,4,6,8,10H2,1H3,(H2,20,22,23,24)/t11-,13+/m1/s1. The van der Waals surface area contributed by atoms with Crippen LogP contribution in [0.3, 0.4) is 0 Å². The van der Waals surface area contributed by atoms with E-state index >= 15 is 0 Å². The Morgan fingerprint density at radius 2 is 1.91 bits per heavy atom. The van der Waals surface area contributed by atoms with Crippen LogP contribution in [-0.4, -0.2) is 51.8 Å². The fraction of sp³-hybridized carbons (Fsp3) is 0.421. The minimum absolute atomic E-state index is 0.117. The monoisotopic (exact) mass is 478 g/mol. The Bertz CT molecular complexity index is 1230. The van der Waals surface area contributed by atoms with Crippen molar-refractivity contribution in [3.05, 3.63) is 39.4 Å². The molecule has 2 aromatic heterocycles. The van der Waals surface area contributed by atoms with Crippen molar-refractivity contribution in [1.29, 1.82) is 0 Å². The number of nitrogens with one attached hydrogen (secondary N) is 2. The summed E-state index contributed by atoms with van der Waals surface area (Å²) >= 11 is 1.42. The number of aliphatic hydroxyl groups excluding tert-OH is 1. The maximum Gasteiger partial charge on any atom is 0.353 e. The van der Waals surface area contributed by atoms with E-state index in [2.05, 4.69) is 25.6 Å². The molecular formula is C19H22N6O5S2. The number of fused-ring (bicyclic) bond motifs is 1. The van der Waals surface area contributed by atoms with Gasteiger partial charge in [-0.05, 0) is 25.0 Å². The number of aromatic nitrogens is 3. The number of nitrogens with zero attached hydrogens (tertiary/aromatic N) is 4. The number of aliphatic hydroxyl groups is 1. The zero-order valence-electron chi connectivity index (χ0n) is 17.2. The molecule has 170 valence electrons. The lowest BCUT2D eigenvalue weighted by molar-refractivity contribution is -0.383. The summed E-state index contributed by atoms with van der Waals surface area (Å²) in [6, 6.07) is 7.07. The predicted octanol–water partition coefficient (Wildman–Crippen LogP) is 2.73. The van der Waals surface area contributed by atoms with Crippen LogP contribution in [-0.2, 0) is 16.4 Å². The first-order chi connectivity index (χ1) is 15.2.